The largest absolute Gasteiger partial charge is 0.437 e. The summed E-state index contributed by atoms with van der Waals surface area (Å²) < 4.78 is 6.61. The van der Waals surface area contributed by atoms with E-state index in [9.17, 15) is 0 Å². The molecule has 0 unspecified atom stereocenters. The Morgan fingerprint density at radius 3 is 2.85 bits per heavy atom. The van der Waals surface area contributed by atoms with Gasteiger partial charge in [-0.25, -0.2) is 15.0 Å². The Bertz CT molecular complexity index is 1520. The maximum Gasteiger partial charge on any atom is 0.228 e. The van der Waals surface area contributed by atoms with E-state index in [4.69, 9.17) is 9.72 Å². The second-order valence-corrected chi connectivity index (χ2v) is 10.2. The van der Waals surface area contributed by atoms with Crippen LogP contribution in [0.5, 0.6) is 11.6 Å². The number of allylic oxidation sites excluding steroid dienone is 2. The van der Waals surface area contributed by atoms with Gasteiger partial charge in [0, 0.05) is 48.7 Å². The van der Waals surface area contributed by atoms with Crippen molar-refractivity contribution >= 4 is 22.9 Å². The number of fused-ring (bicyclic) bond motifs is 1. The van der Waals surface area contributed by atoms with Crippen molar-refractivity contribution < 1.29 is 4.74 Å². The fourth-order valence-electron chi connectivity index (χ4n) is 5.40. The average molecular weight is 519 g/mol. The molecule has 2 aromatic heterocycles. The first-order chi connectivity index (χ1) is 19.2. The van der Waals surface area contributed by atoms with Gasteiger partial charge < -0.3 is 15.4 Å². The number of nitrogens with one attached hydrogen (secondary N) is 2. The lowest BCUT2D eigenvalue weighted by Crippen LogP contribution is -2.38. The van der Waals surface area contributed by atoms with Crippen LogP contribution in [0.15, 0.2) is 77.7 Å². The van der Waals surface area contributed by atoms with E-state index in [1.54, 1.807) is 12.4 Å². The smallest absolute Gasteiger partial charge is 0.228 e. The fourth-order valence-corrected chi connectivity index (χ4v) is 5.40. The van der Waals surface area contributed by atoms with Crippen molar-refractivity contribution in [2.24, 2.45) is 4.99 Å². The molecule has 0 bridgehead atoms. The molecule has 2 aromatic carbocycles. The van der Waals surface area contributed by atoms with Crippen LogP contribution in [0.1, 0.15) is 43.2 Å². The quantitative estimate of drug-likeness (QED) is 0.258. The van der Waals surface area contributed by atoms with Gasteiger partial charge in [0.05, 0.1) is 11.3 Å². The Labute approximate surface area is 229 Å². The summed E-state index contributed by atoms with van der Waals surface area (Å²) in [5, 5.41) is 9.22. The number of hydrogen-bond acceptors (Lipinski definition) is 7. The summed E-state index contributed by atoms with van der Waals surface area (Å²) in [7, 11) is 0. The number of ether oxygens (including phenoxy) is 1. The summed E-state index contributed by atoms with van der Waals surface area (Å²) in [5.74, 6) is 1.99. The molecule has 1 atom stereocenters. The van der Waals surface area contributed by atoms with Crippen molar-refractivity contribution in [1.82, 2.24) is 20.3 Å². The summed E-state index contributed by atoms with van der Waals surface area (Å²) in [6.07, 6.45) is 14.0. The molecule has 1 fully saturated rings. The third kappa shape index (κ3) is 5.83. The Morgan fingerprint density at radius 2 is 1.97 bits per heavy atom. The van der Waals surface area contributed by atoms with Gasteiger partial charge in [-0.2, -0.15) is 0 Å². The highest BCUT2D eigenvalue weighted by molar-refractivity contribution is 5.92. The van der Waals surface area contributed by atoms with Crippen molar-refractivity contribution in [2.75, 3.05) is 18.4 Å². The molecular formula is C32H34N6O. The van der Waals surface area contributed by atoms with Crippen LogP contribution in [0.25, 0.3) is 22.0 Å². The number of hydrogen-bond donors (Lipinski definition) is 2. The molecule has 2 N–H and O–H groups in total. The molecule has 198 valence electrons. The summed E-state index contributed by atoms with van der Waals surface area (Å²) in [6.45, 7) is 4.07. The maximum atomic E-state index is 6.61. The van der Waals surface area contributed by atoms with E-state index in [-0.39, 0.29) is 0 Å². The van der Waals surface area contributed by atoms with Crippen LogP contribution in [0, 0.1) is 6.92 Å². The molecule has 0 saturated carbocycles. The number of benzene rings is 2. The normalized spacial score (nSPS) is 16.8. The number of aryl methyl sites for hydroxylation is 2. The third-order valence-corrected chi connectivity index (χ3v) is 7.43. The van der Waals surface area contributed by atoms with Gasteiger partial charge in [0.2, 0.25) is 11.8 Å². The van der Waals surface area contributed by atoms with Crippen LogP contribution in [-0.2, 0) is 6.42 Å². The zero-order chi connectivity index (χ0) is 26.4. The number of aromatic nitrogens is 3. The highest BCUT2D eigenvalue weighted by Crippen LogP contribution is 2.37. The monoisotopic (exact) mass is 518 g/mol. The van der Waals surface area contributed by atoms with Crippen molar-refractivity contribution in [3.63, 3.8) is 0 Å². The molecular weight excluding hydrogens is 484 g/mol. The van der Waals surface area contributed by atoms with Gasteiger partial charge in [-0.3, -0.25) is 4.99 Å². The molecule has 2 aliphatic heterocycles. The predicted molar refractivity (Wildman–Crippen MR) is 158 cm³/mol. The predicted octanol–water partition coefficient (Wildman–Crippen LogP) is 6.64. The maximum absolute atomic E-state index is 6.61. The van der Waals surface area contributed by atoms with Gasteiger partial charge >= 0.3 is 0 Å². The highest BCUT2D eigenvalue weighted by atomic mass is 16.5. The molecule has 0 aliphatic carbocycles. The summed E-state index contributed by atoms with van der Waals surface area (Å²) in [5.41, 5.74) is 5.21. The molecule has 6 rings (SSSR count). The van der Waals surface area contributed by atoms with Crippen molar-refractivity contribution in [1.29, 1.82) is 0 Å². The fraction of sp³-hybridized carbons (Fsp3) is 0.312. The lowest BCUT2D eigenvalue weighted by molar-refractivity contribution is 0.466. The van der Waals surface area contributed by atoms with E-state index in [0.29, 0.717) is 17.9 Å². The number of piperidine rings is 1. The second kappa shape index (κ2) is 11.7. The summed E-state index contributed by atoms with van der Waals surface area (Å²) in [6, 6.07) is 17.0. The van der Waals surface area contributed by atoms with Gasteiger partial charge in [-0.05, 0) is 80.3 Å². The zero-order valence-corrected chi connectivity index (χ0v) is 22.4. The SMILES string of the molecule is Cc1ccc2c(CCCC3=CCC=N3)cccc2c1Oc1ncccc1-c1ccnc(N[C@H]2CCCNC2)n1. The molecule has 4 aromatic rings. The molecule has 7 heteroatoms. The number of rotatable bonds is 9. The second-order valence-electron chi connectivity index (χ2n) is 10.2. The van der Waals surface area contributed by atoms with E-state index in [1.165, 1.54) is 16.6 Å². The summed E-state index contributed by atoms with van der Waals surface area (Å²) >= 11 is 0. The van der Waals surface area contributed by atoms with Crippen LogP contribution in [-0.4, -0.2) is 40.3 Å². The number of anilines is 1. The van der Waals surface area contributed by atoms with E-state index < -0.39 is 0 Å². The molecule has 39 heavy (non-hydrogen) atoms. The van der Waals surface area contributed by atoms with Gasteiger partial charge in [0.15, 0.2) is 0 Å². The lowest BCUT2D eigenvalue weighted by atomic mass is 9.97. The van der Waals surface area contributed by atoms with Crippen molar-refractivity contribution in [2.45, 2.75) is 51.5 Å². The molecule has 0 spiro atoms. The van der Waals surface area contributed by atoms with E-state index in [0.717, 1.165) is 79.6 Å². The summed E-state index contributed by atoms with van der Waals surface area (Å²) in [4.78, 5) is 18.4. The molecule has 4 heterocycles. The highest BCUT2D eigenvalue weighted by Gasteiger charge is 2.17. The Hall–Kier alpha value is -4.10. The van der Waals surface area contributed by atoms with Gasteiger partial charge in [0.25, 0.3) is 0 Å². The Kier molecular flexibility index (Phi) is 7.59. The topological polar surface area (TPSA) is 84.3 Å². The van der Waals surface area contributed by atoms with Crippen LogP contribution < -0.4 is 15.4 Å². The first-order valence-electron chi connectivity index (χ1n) is 13.9. The number of nitrogens with zero attached hydrogens (tertiary/aromatic N) is 4. The van der Waals surface area contributed by atoms with E-state index in [1.807, 2.05) is 24.4 Å². The van der Waals surface area contributed by atoms with Gasteiger partial charge in [-0.1, -0.05) is 36.4 Å². The van der Waals surface area contributed by atoms with Crippen LogP contribution >= 0.6 is 0 Å². The minimum Gasteiger partial charge on any atom is -0.437 e. The van der Waals surface area contributed by atoms with Gasteiger partial charge in [0.1, 0.15) is 5.75 Å². The molecule has 0 radical (unpaired) electrons. The first kappa shape index (κ1) is 25.2. The Morgan fingerprint density at radius 1 is 1.00 bits per heavy atom. The van der Waals surface area contributed by atoms with E-state index in [2.05, 4.69) is 68.9 Å². The van der Waals surface area contributed by atoms with Crippen LogP contribution in [0.4, 0.5) is 5.95 Å². The Balaban J connectivity index is 1.27. The van der Waals surface area contributed by atoms with E-state index >= 15 is 0 Å². The van der Waals surface area contributed by atoms with Crippen LogP contribution in [0.3, 0.4) is 0 Å². The number of pyridine rings is 1. The minimum absolute atomic E-state index is 0.328. The first-order valence-corrected chi connectivity index (χ1v) is 13.9. The third-order valence-electron chi connectivity index (χ3n) is 7.43. The van der Waals surface area contributed by atoms with Crippen LogP contribution in [0.2, 0.25) is 0 Å². The molecule has 7 nitrogen and oxygen atoms in total. The standard InChI is InChI=1S/C32H34N6O/c1-22-14-15-26-23(7-2-9-24-10-5-18-34-24)8-3-12-27(26)30(22)39-31-28(13-6-19-35-31)29-16-20-36-32(38-29)37-25-11-4-17-33-21-25/h3,6,8,10,12-16,18-20,25,33H,2,4-5,7,9,11,17,21H2,1H3,(H,36,37,38)/t25-/m0/s1. The molecule has 2 aliphatic rings. The minimum atomic E-state index is 0.328. The molecule has 1 saturated heterocycles. The van der Waals surface area contributed by atoms with Gasteiger partial charge in [-0.15, -0.1) is 0 Å². The van der Waals surface area contributed by atoms with Crippen molar-refractivity contribution in [3.05, 3.63) is 83.8 Å². The number of aliphatic imine (C=N–C) groups is 1. The molecule has 0 amide bonds. The zero-order valence-electron chi connectivity index (χ0n) is 22.4. The van der Waals surface area contributed by atoms with Crippen molar-refractivity contribution in [3.8, 4) is 22.9 Å². The lowest BCUT2D eigenvalue weighted by Gasteiger charge is -2.23. The average Bonchev–Trinajstić information content (AvgIpc) is 3.49.